The molecule has 0 fully saturated rings. The van der Waals surface area contributed by atoms with Crippen molar-refractivity contribution >= 4 is 67.1 Å². The molecule has 42 heavy (non-hydrogen) atoms. The summed E-state index contributed by atoms with van der Waals surface area (Å²) in [6.07, 6.45) is 14.8. The third-order valence-electron chi connectivity index (χ3n) is 7.92. The zero-order valence-corrected chi connectivity index (χ0v) is 23.9. The average molecular weight is 560 g/mol. The lowest BCUT2D eigenvalue weighted by Crippen LogP contribution is -1.91. The van der Waals surface area contributed by atoms with Gasteiger partial charge in [0.2, 0.25) is 0 Å². The van der Waals surface area contributed by atoms with Crippen LogP contribution in [0.4, 0.5) is 5.69 Å². The first-order valence-electron chi connectivity index (χ1n) is 14.3. The van der Waals surface area contributed by atoms with Crippen LogP contribution in [-0.4, -0.2) is 5.37 Å². The van der Waals surface area contributed by atoms with Crippen LogP contribution in [0.1, 0.15) is 24.0 Å². The molecule has 1 aliphatic carbocycles. The van der Waals surface area contributed by atoms with Gasteiger partial charge in [-0.15, -0.1) is 0 Å². The van der Waals surface area contributed by atoms with Gasteiger partial charge in [0.15, 0.2) is 0 Å². The molecular formula is C39H29NOS. The fourth-order valence-electron chi connectivity index (χ4n) is 5.91. The highest BCUT2D eigenvalue weighted by Gasteiger charge is 2.17. The average Bonchev–Trinajstić information content (AvgIpc) is 3.44. The summed E-state index contributed by atoms with van der Waals surface area (Å²) in [4.78, 5) is 0. The minimum absolute atomic E-state index is 0.890. The van der Waals surface area contributed by atoms with Gasteiger partial charge in [-0.2, -0.15) is 0 Å². The van der Waals surface area contributed by atoms with Gasteiger partial charge in [-0.05, 0) is 76.6 Å². The van der Waals surface area contributed by atoms with Crippen LogP contribution in [0.3, 0.4) is 0 Å². The standard InChI is InChI=1S/C39H29NOS/c42-24-22-29(27-11-3-1-4-12-27)21-23-40-36-26-35-38-32(31-16-9-15-30(25-31)28-13-5-2-6-14-28)19-10-20-37(38)41-39(35)34-18-8-7-17-33(34)36/h1-5,7-13,15-26,40H,6,14H2/b23-21-,29-22+. The number of hydrogen-bond donors (Lipinski definition) is 1. The summed E-state index contributed by atoms with van der Waals surface area (Å²) in [5.74, 6) is 0. The number of allylic oxidation sites excluding steroid dienone is 7. The van der Waals surface area contributed by atoms with Crippen LogP contribution in [-0.2, 0) is 0 Å². The van der Waals surface area contributed by atoms with Crippen molar-refractivity contribution in [3.8, 4) is 11.1 Å². The van der Waals surface area contributed by atoms with Gasteiger partial charge in [0, 0.05) is 38.8 Å². The third kappa shape index (κ3) is 4.89. The molecule has 0 atom stereocenters. The lowest BCUT2D eigenvalue weighted by molar-refractivity contribution is 0.673. The predicted molar refractivity (Wildman–Crippen MR) is 184 cm³/mol. The Kier molecular flexibility index (Phi) is 7.09. The molecular weight excluding hydrogens is 531 g/mol. The second-order valence-corrected chi connectivity index (χ2v) is 10.7. The van der Waals surface area contributed by atoms with Crippen molar-refractivity contribution in [2.24, 2.45) is 0 Å². The highest BCUT2D eigenvalue weighted by atomic mass is 32.1. The van der Waals surface area contributed by atoms with Gasteiger partial charge in [-0.1, -0.05) is 115 Å². The van der Waals surface area contributed by atoms with Crippen molar-refractivity contribution in [3.63, 3.8) is 0 Å². The fraction of sp³-hybridized carbons (Fsp3) is 0.0513. The largest absolute Gasteiger partial charge is 0.455 e. The Morgan fingerprint density at radius 2 is 1.60 bits per heavy atom. The molecule has 202 valence electrons. The molecule has 0 saturated heterocycles. The van der Waals surface area contributed by atoms with Crippen LogP contribution in [0.5, 0.6) is 0 Å². The van der Waals surface area contributed by atoms with E-state index in [0.29, 0.717) is 0 Å². The molecule has 2 nitrogen and oxygen atoms in total. The van der Waals surface area contributed by atoms with Gasteiger partial charge in [0.25, 0.3) is 0 Å². The van der Waals surface area contributed by atoms with E-state index in [1.54, 1.807) is 5.37 Å². The van der Waals surface area contributed by atoms with Gasteiger partial charge < -0.3 is 9.73 Å². The number of furan rings is 1. The molecule has 6 aromatic rings. The van der Waals surface area contributed by atoms with Crippen molar-refractivity contribution in [3.05, 3.63) is 151 Å². The Morgan fingerprint density at radius 1 is 0.786 bits per heavy atom. The third-order valence-corrected chi connectivity index (χ3v) is 8.05. The van der Waals surface area contributed by atoms with Crippen LogP contribution < -0.4 is 5.32 Å². The molecule has 0 spiro atoms. The fourth-order valence-corrected chi connectivity index (χ4v) is 6.06. The summed E-state index contributed by atoms with van der Waals surface area (Å²) in [7, 11) is 0. The van der Waals surface area contributed by atoms with Crippen LogP contribution in [0.15, 0.2) is 144 Å². The summed E-state index contributed by atoms with van der Waals surface area (Å²) >= 11 is 5.15. The molecule has 0 saturated carbocycles. The zero-order chi connectivity index (χ0) is 28.3. The predicted octanol–water partition coefficient (Wildman–Crippen LogP) is 11.1. The molecule has 0 unspecified atom stereocenters. The lowest BCUT2D eigenvalue weighted by Gasteiger charge is -2.12. The number of benzene rings is 5. The summed E-state index contributed by atoms with van der Waals surface area (Å²) in [5, 5.41) is 9.65. The number of nitrogens with one attached hydrogen (secondary N) is 1. The van der Waals surface area contributed by atoms with Crippen molar-refractivity contribution in [1.29, 1.82) is 0 Å². The Morgan fingerprint density at radius 3 is 2.43 bits per heavy atom. The zero-order valence-electron chi connectivity index (χ0n) is 23.1. The molecule has 0 bridgehead atoms. The molecule has 5 aromatic carbocycles. The van der Waals surface area contributed by atoms with Crippen LogP contribution >= 0.6 is 12.2 Å². The summed E-state index contributed by atoms with van der Waals surface area (Å²) in [6.45, 7) is 0. The maximum absolute atomic E-state index is 6.57. The SMILES string of the molecule is S=C/C=C(\C=C/Nc1cc2c(oc3cccc(-c4cccc(C5=CC=CCC5)c4)c32)c2ccccc12)c1ccccc1. The van der Waals surface area contributed by atoms with Gasteiger partial charge in [-0.3, -0.25) is 0 Å². The van der Waals surface area contributed by atoms with Crippen LogP contribution in [0.2, 0.25) is 0 Å². The van der Waals surface area contributed by atoms with Gasteiger partial charge in [-0.25, -0.2) is 0 Å². The minimum Gasteiger partial charge on any atom is -0.455 e. The monoisotopic (exact) mass is 559 g/mol. The Labute approximate surface area is 251 Å². The van der Waals surface area contributed by atoms with Crippen molar-refractivity contribution in [1.82, 2.24) is 0 Å². The molecule has 7 rings (SSSR count). The highest BCUT2D eigenvalue weighted by Crippen LogP contribution is 2.42. The van der Waals surface area contributed by atoms with Crippen LogP contribution in [0.25, 0.3) is 55.0 Å². The van der Waals surface area contributed by atoms with E-state index < -0.39 is 0 Å². The first-order chi connectivity index (χ1) is 20.8. The number of fused-ring (bicyclic) bond motifs is 5. The van der Waals surface area contributed by atoms with E-state index in [2.05, 4.69) is 115 Å². The van der Waals surface area contributed by atoms with E-state index in [0.717, 1.165) is 62.4 Å². The minimum atomic E-state index is 0.890. The Balaban J connectivity index is 1.36. The molecule has 1 N–H and O–H groups in total. The highest BCUT2D eigenvalue weighted by molar-refractivity contribution is 7.79. The van der Waals surface area contributed by atoms with Crippen LogP contribution in [0, 0.1) is 0 Å². The second-order valence-electron chi connectivity index (χ2n) is 10.5. The molecule has 0 amide bonds. The van der Waals surface area contributed by atoms with Crippen molar-refractivity contribution < 1.29 is 4.42 Å². The summed E-state index contributed by atoms with van der Waals surface area (Å²) in [6, 6.07) is 36.2. The number of anilines is 1. The smallest absolute Gasteiger partial charge is 0.143 e. The molecule has 1 aromatic heterocycles. The number of hydrogen-bond acceptors (Lipinski definition) is 3. The molecule has 1 heterocycles. The van der Waals surface area contributed by atoms with E-state index in [9.17, 15) is 0 Å². The first kappa shape index (κ1) is 25.9. The van der Waals surface area contributed by atoms with Gasteiger partial charge >= 0.3 is 0 Å². The molecule has 3 heteroatoms. The van der Waals surface area contributed by atoms with E-state index >= 15 is 0 Å². The van der Waals surface area contributed by atoms with Gasteiger partial charge in [0.05, 0.1) is 0 Å². The molecule has 0 radical (unpaired) electrons. The summed E-state index contributed by atoms with van der Waals surface area (Å²) < 4.78 is 6.57. The van der Waals surface area contributed by atoms with Crippen molar-refractivity contribution in [2.45, 2.75) is 12.8 Å². The van der Waals surface area contributed by atoms with E-state index in [1.807, 2.05) is 30.5 Å². The normalized spacial score (nSPS) is 13.7. The van der Waals surface area contributed by atoms with E-state index in [4.69, 9.17) is 16.6 Å². The number of thiocarbonyl (C=S) groups is 1. The quantitative estimate of drug-likeness (QED) is 0.120. The van der Waals surface area contributed by atoms with E-state index in [-0.39, 0.29) is 0 Å². The second kappa shape index (κ2) is 11.5. The maximum atomic E-state index is 6.57. The first-order valence-corrected chi connectivity index (χ1v) is 14.7. The Bertz CT molecular complexity index is 2070. The topological polar surface area (TPSA) is 25.2 Å². The Hall–Kier alpha value is -4.99. The lowest BCUT2D eigenvalue weighted by atomic mass is 9.92. The van der Waals surface area contributed by atoms with Crippen molar-refractivity contribution in [2.75, 3.05) is 5.32 Å². The maximum Gasteiger partial charge on any atom is 0.143 e. The molecule has 1 aliphatic rings. The number of rotatable bonds is 7. The van der Waals surface area contributed by atoms with Gasteiger partial charge in [0.1, 0.15) is 11.2 Å². The molecule has 0 aliphatic heterocycles. The van der Waals surface area contributed by atoms with E-state index in [1.165, 1.54) is 22.3 Å². The summed E-state index contributed by atoms with van der Waals surface area (Å²) in [5.41, 5.74) is 10.00.